The highest BCUT2D eigenvalue weighted by atomic mass is 16.6. The fourth-order valence-corrected chi connectivity index (χ4v) is 4.75. The summed E-state index contributed by atoms with van der Waals surface area (Å²) in [6, 6.07) is 25.2. The Hall–Kier alpha value is -5.15. The minimum absolute atomic E-state index is 0.334. The number of benzene rings is 2. The van der Waals surface area contributed by atoms with Crippen molar-refractivity contribution in [1.82, 2.24) is 25.7 Å². The van der Waals surface area contributed by atoms with E-state index in [-0.39, 0.29) is 5.91 Å². The minimum Gasteiger partial charge on any atom is -0.444 e. The summed E-state index contributed by atoms with van der Waals surface area (Å²) < 4.78 is 5.33. The Labute approximate surface area is 244 Å². The Kier molecular flexibility index (Phi) is 8.21. The molecule has 1 atom stereocenters. The van der Waals surface area contributed by atoms with Crippen LogP contribution in [0.1, 0.15) is 43.5 Å². The van der Waals surface area contributed by atoms with Crippen molar-refractivity contribution in [3.8, 4) is 22.4 Å². The van der Waals surface area contributed by atoms with Crippen molar-refractivity contribution in [2.75, 3.05) is 0 Å². The Morgan fingerprint density at radius 2 is 1.62 bits per heavy atom. The van der Waals surface area contributed by atoms with Crippen LogP contribution in [0, 0.1) is 0 Å². The first-order valence-corrected chi connectivity index (χ1v) is 13.5. The van der Waals surface area contributed by atoms with Crippen LogP contribution < -0.4 is 16.6 Å². The number of hydrogen-bond acceptors (Lipinski definition) is 7. The van der Waals surface area contributed by atoms with Gasteiger partial charge >= 0.3 is 6.09 Å². The van der Waals surface area contributed by atoms with E-state index in [2.05, 4.69) is 20.7 Å². The molecule has 42 heavy (non-hydrogen) atoms. The Morgan fingerprint density at radius 1 is 0.905 bits per heavy atom. The smallest absolute Gasteiger partial charge is 0.407 e. The molecule has 4 N–H and O–H groups in total. The van der Waals surface area contributed by atoms with E-state index in [0.29, 0.717) is 23.3 Å². The topological polar surface area (TPSA) is 132 Å². The van der Waals surface area contributed by atoms with E-state index in [0.717, 1.165) is 33.3 Å². The van der Waals surface area contributed by atoms with Gasteiger partial charge in [-0.15, -0.1) is 0 Å². The summed E-state index contributed by atoms with van der Waals surface area (Å²) in [5.74, 6) is 4.46. The van der Waals surface area contributed by atoms with Gasteiger partial charge in [0.2, 0.25) is 5.91 Å². The molecule has 0 saturated carbocycles. The maximum absolute atomic E-state index is 13.0. The van der Waals surface area contributed by atoms with Gasteiger partial charge in [-0.1, -0.05) is 54.6 Å². The lowest BCUT2D eigenvalue weighted by Crippen LogP contribution is -2.35. The van der Waals surface area contributed by atoms with Crippen molar-refractivity contribution >= 4 is 22.9 Å². The maximum atomic E-state index is 13.0. The monoisotopic (exact) mass is 560 g/mol. The molecule has 9 nitrogen and oxygen atoms in total. The molecule has 0 bridgehead atoms. The summed E-state index contributed by atoms with van der Waals surface area (Å²) in [7, 11) is 0. The molecule has 0 saturated heterocycles. The minimum atomic E-state index is -0.755. The van der Waals surface area contributed by atoms with E-state index in [1.807, 2.05) is 87.5 Å². The number of aromatic nitrogens is 3. The molecule has 212 valence electrons. The molecular weight excluding hydrogens is 528 g/mol. The molecule has 5 aromatic rings. The molecule has 0 radical (unpaired) electrons. The second kappa shape index (κ2) is 12.2. The first-order chi connectivity index (χ1) is 20.2. The summed E-state index contributed by atoms with van der Waals surface area (Å²) in [6.07, 6.45) is 4.46. The molecule has 3 aromatic heterocycles. The predicted molar refractivity (Wildman–Crippen MR) is 162 cm³/mol. The zero-order valence-electron chi connectivity index (χ0n) is 23.7. The van der Waals surface area contributed by atoms with Crippen molar-refractivity contribution in [1.29, 1.82) is 0 Å². The molecule has 0 fully saturated rings. The number of carbonyl (C=O) groups is 2. The van der Waals surface area contributed by atoms with E-state index < -0.39 is 17.6 Å². The Balaban J connectivity index is 1.58. The number of alkyl carbamates (subject to hydrolysis) is 1. The van der Waals surface area contributed by atoms with Crippen molar-refractivity contribution < 1.29 is 14.3 Å². The van der Waals surface area contributed by atoms with Crippen LogP contribution in [0.3, 0.4) is 0 Å². The van der Waals surface area contributed by atoms with Gasteiger partial charge in [0.25, 0.3) is 0 Å². The van der Waals surface area contributed by atoms with Crippen LogP contribution in [0.25, 0.3) is 33.3 Å². The number of nitrogens with zero attached hydrogens (tertiary/aromatic N) is 3. The first-order valence-electron chi connectivity index (χ1n) is 13.5. The lowest BCUT2D eigenvalue weighted by molar-refractivity contribution is -0.121. The highest BCUT2D eigenvalue weighted by Gasteiger charge is 2.27. The fourth-order valence-electron chi connectivity index (χ4n) is 4.75. The number of carbonyl (C=O) groups excluding carboxylic acids is 2. The van der Waals surface area contributed by atoms with Crippen LogP contribution in [0.2, 0.25) is 0 Å². The van der Waals surface area contributed by atoms with Crippen LogP contribution >= 0.6 is 0 Å². The number of nitrogens with two attached hydrogens (primary N) is 1. The normalized spacial score (nSPS) is 12.0. The quantitative estimate of drug-likeness (QED) is 0.136. The van der Waals surface area contributed by atoms with E-state index >= 15 is 0 Å². The van der Waals surface area contributed by atoms with Gasteiger partial charge in [0.1, 0.15) is 11.5 Å². The third-order valence-corrected chi connectivity index (χ3v) is 6.64. The Morgan fingerprint density at radius 3 is 2.29 bits per heavy atom. The second-order valence-electron chi connectivity index (χ2n) is 10.8. The fraction of sp³-hybridized carbons (Fsp3) is 0.182. The lowest BCUT2D eigenvalue weighted by atomic mass is 9.90. The summed E-state index contributed by atoms with van der Waals surface area (Å²) >= 11 is 0. The number of ether oxygens (including phenoxy) is 1. The highest BCUT2D eigenvalue weighted by molar-refractivity contribution is 5.97. The number of amides is 2. The molecule has 2 amide bonds. The molecule has 0 aliphatic carbocycles. The summed E-state index contributed by atoms with van der Waals surface area (Å²) in [4.78, 5) is 38.9. The van der Waals surface area contributed by atoms with Crippen molar-refractivity contribution in [2.24, 2.45) is 5.84 Å². The summed E-state index contributed by atoms with van der Waals surface area (Å²) in [5.41, 5.74) is 8.14. The first kappa shape index (κ1) is 28.4. The van der Waals surface area contributed by atoms with Crippen LogP contribution in [-0.4, -0.2) is 32.6 Å². The molecule has 3 heterocycles. The molecule has 5 rings (SSSR count). The molecule has 2 aromatic carbocycles. The van der Waals surface area contributed by atoms with Gasteiger partial charge in [-0.25, -0.2) is 15.6 Å². The summed E-state index contributed by atoms with van der Waals surface area (Å²) in [5, 5.41) is 3.53. The molecule has 9 heteroatoms. The van der Waals surface area contributed by atoms with Gasteiger partial charge in [0, 0.05) is 41.6 Å². The third kappa shape index (κ3) is 6.42. The second-order valence-corrected chi connectivity index (χ2v) is 10.8. The predicted octanol–water partition coefficient (Wildman–Crippen LogP) is 5.51. The zero-order valence-corrected chi connectivity index (χ0v) is 23.7. The van der Waals surface area contributed by atoms with Crippen molar-refractivity contribution in [3.63, 3.8) is 0 Å². The number of pyridine rings is 3. The van der Waals surface area contributed by atoms with Crippen LogP contribution in [0.5, 0.6) is 0 Å². The van der Waals surface area contributed by atoms with Crippen LogP contribution in [-0.2, 0) is 16.1 Å². The van der Waals surface area contributed by atoms with E-state index in [1.165, 1.54) is 0 Å². The maximum Gasteiger partial charge on any atom is 0.407 e. The molecule has 0 aliphatic heterocycles. The standard InChI is InChI=1S/C33H32N6O3/c1-33(2,3)42-32(41)37-20-21-9-11-24(12-10-21)29-25(22-7-5-4-6-8-22)19-26-27(38-29)15-18-36-30(26)28(31(40)39-34)23-13-16-35-17-14-23/h4-19,28H,20,34H2,1-3H3,(H,37,41)(H,39,40). The van der Waals surface area contributed by atoms with E-state index in [1.54, 1.807) is 30.7 Å². The molecule has 1 unspecified atom stereocenters. The Bertz CT molecular complexity index is 1700. The average molecular weight is 561 g/mol. The lowest BCUT2D eigenvalue weighted by Gasteiger charge is -2.20. The van der Waals surface area contributed by atoms with Crippen molar-refractivity contribution in [3.05, 3.63) is 114 Å². The van der Waals surface area contributed by atoms with Crippen LogP contribution in [0.15, 0.2) is 97.5 Å². The van der Waals surface area contributed by atoms with Crippen LogP contribution in [0.4, 0.5) is 4.79 Å². The molecule has 0 aliphatic rings. The van der Waals surface area contributed by atoms with Gasteiger partial charge in [0.05, 0.1) is 16.9 Å². The number of hydrazine groups is 1. The van der Waals surface area contributed by atoms with Gasteiger partial charge in [-0.3, -0.25) is 20.2 Å². The number of rotatable bonds is 7. The van der Waals surface area contributed by atoms with Gasteiger partial charge < -0.3 is 10.1 Å². The average Bonchev–Trinajstić information content (AvgIpc) is 3.00. The largest absolute Gasteiger partial charge is 0.444 e. The number of fused-ring (bicyclic) bond motifs is 1. The summed E-state index contributed by atoms with van der Waals surface area (Å²) in [6.45, 7) is 5.81. The van der Waals surface area contributed by atoms with Gasteiger partial charge in [-0.2, -0.15) is 0 Å². The van der Waals surface area contributed by atoms with E-state index in [9.17, 15) is 9.59 Å². The SMILES string of the molecule is CC(C)(C)OC(=O)NCc1ccc(-c2nc3ccnc(C(C(=O)NN)c4ccncc4)c3cc2-c2ccccc2)cc1. The molecular formula is C33H32N6O3. The van der Waals surface area contributed by atoms with Gasteiger partial charge in [0.15, 0.2) is 0 Å². The number of hydrogen-bond donors (Lipinski definition) is 3. The van der Waals surface area contributed by atoms with E-state index in [4.69, 9.17) is 15.6 Å². The third-order valence-electron chi connectivity index (χ3n) is 6.64. The highest BCUT2D eigenvalue weighted by Crippen LogP contribution is 2.36. The van der Waals surface area contributed by atoms with Crippen molar-refractivity contribution in [2.45, 2.75) is 38.8 Å². The van der Waals surface area contributed by atoms with Gasteiger partial charge in [-0.05, 0) is 61.7 Å². The molecule has 0 spiro atoms. The number of nitrogens with one attached hydrogen (secondary N) is 2. The zero-order chi connectivity index (χ0) is 29.7.